The molecule has 0 aromatic heterocycles. The summed E-state index contributed by atoms with van der Waals surface area (Å²) >= 11 is 0. The number of hydrogen-bond acceptors (Lipinski definition) is 2. The van der Waals surface area contributed by atoms with E-state index in [4.69, 9.17) is 0 Å². The summed E-state index contributed by atoms with van der Waals surface area (Å²) in [7, 11) is 0. The first-order chi connectivity index (χ1) is 8.68. The van der Waals surface area contributed by atoms with E-state index < -0.39 is 0 Å². The van der Waals surface area contributed by atoms with E-state index in [1.165, 1.54) is 12.1 Å². The number of nitrogens with zero attached hydrogens (tertiary/aromatic N) is 1. The van der Waals surface area contributed by atoms with Crippen LogP contribution >= 0.6 is 0 Å². The molecule has 0 amide bonds. The van der Waals surface area contributed by atoms with Gasteiger partial charge in [0.2, 0.25) is 0 Å². The second kappa shape index (κ2) is 6.35. The molecule has 1 saturated heterocycles. The first kappa shape index (κ1) is 13.6. The molecule has 1 N–H and O–H groups in total. The molecule has 0 bridgehead atoms. The van der Waals surface area contributed by atoms with Crippen LogP contribution in [0.4, 0.5) is 0 Å². The molecule has 0 spiro atoms. The third-order valence-corrected chi connectivity index (χ3v) is 4.04. The van der Waals surface area contributed by atoms with Crippen LogP contribution in [-0.2, 0) is 6.42 Å². The molecule has 18 heavy (non-hydrogen) atoms. The normalized spacial score (nSPS) is 23.2. The lowest BCUT2D eigenvalue weighted by Gasteiger charge is -2.42. The number of benzene rings is 1. The average Bonchev–Trinajstić information content (AvgIpc) is 2.40. The first-order valence-electron chi connectivity index (χ1n) is 7.19. The molecule has 1 heterocycles. The van der Waals surface area contributed by atoms with E-state index in [1.54, 1.807) is 0 Å². The molecule has 1 aliphatic heterocycles. The van der Waals surface area contributed by atoms with Crippen molar-refractivity contribution in [3.63, 3.8) is 0 Å². The minimum absolute atomic E-state index is 0.627. The van der Waals surface area contributed by atoms with Crippen LogP contribution in [0.2, 0.25) is 0 Å². The Morgan fingerprint density at radius 3 is 2.61 bits per heavy atom. The summed E-state index contributed by atoms with van der Waals surface area (Å²) in [5.74, 6) is 0.719. The van der Waals surface area contributed by atoms with Gasteiger partial charge in [0.1, 0.15) is 0 Å². The Morgan fingerprint density at radius 1 is 1.22 bits per heavy atom. The minimum atomic E-state index is 0.627. The molecule has 2 atom stereocenters. The second-order valence-corrected chi connectivity index (χ2v) is 5.79. The fourth-order valence-corrected chi connectivity index (χ4v) is 2.98. The van der Waals surface area contributed by atoms with Gasteiger partial charge in [-0.3, -0.25) is 4.90 Å². The zero-order valence-corrected chi connectivity index (χ0v) is 11.9. The zero-order chi connectivity index (χ0) is 13.0. The van der Waals surface area contributed by atoms with Gasteiger partial charge in [0, 0.05) is 31.7 Å². The van der Waals surface area contributed by atoms with E-state index in [-0.39, 0.29) is 0 Å². The molecule has 1 aromatic rings. The number of nitrogens with one attached hydrogen (secondary N) is 1. The highest BCUT2D eigenvalue weighted by Crippen LogP contribution is 2.18. The lowest BCUT2D eigenvalue weighted by Crippen LogP contribution is -2.56. The van der Waals surface area contributed by atoms with Gasteiger partial charge in [-0.15, -0.1) is 0 Å². The van der Waals surface area contributed by atoms with Gasteiger partial charge in [-0.05, 0) is 24.8 Å². The maximum atomic E-state index is 3.52. The molecule has 2 unspecified atom stereocenters. The second-order valence-electron chi connectivity index (χ2n) is 5.79. The van der Waals surface area contributed by atoms with Crippen LogP contribution in [0.1, 0.15) is 26.3 Å². The van der Waals surface area contributed by atoms with Gasteiger partial charge in [0.15, 0.2) is 0 Å². The molecule has 0 saturated carbocycles. The summed E-state index contributed by atoms with van der Waals surface area (Å²) in [6, 6.07) is 12.2. The van der Waals surface area contributed by atoms with Gasteiger partial charge >= 0.3 is 0 Å². The summed E-state index contributed by atoms with van der Waals surface area (Å²) in [5, 5.41) is 3.52. The quantitative estimate of drug-likeness (QED) is 0.878. The van der Waals surface area contributed by atoms with Crippen molar-refractivity contribution in [1.82, 2.24) is 10.2 Å². The number of hydrogen-bond donors (Lipinski definition) is 1. The maximum absolute atomic E-state index is 3.52. The van der Waals surface area contributed by atoms with Crippen LogP contribution in [0.5, 0.6) is 0 Å². The van der Waals surface area contributed by atoms with Crippen LogP contribution < -0.4 is 5.32 Å². The van der Waals surface area contributed by atoms with E-state index in [2.05, 4.69) is 61.3 Å². The predicted octanol–water partition coefficient (Wildman–Crippen LogP) is 2.55. The largest absolute Gasteiger partial charge is 0.314 e. The topological polar surface area (TPSA) is 15.3 Å². The van der Waals surface area contributed by atoms with Gasteiger partial charge in [0.05, 0.1) is 0 Å². The van der Waals surface area contributed by atoms with Crippen LogP contribution in [0.15, 0.2) is 30.3 Å². The Morgan fingerprint density at radius 2 is 1.94 bits per heavy atom. The third-order valence-electron chi connectivity index (χ3n) is 4.04. The molecule has 2 heteroatoms. The van der Waals surface area contributed by atoms with Gasteiger partial charge in [-0.1, -0.05) is 44.2 Å². The summed E-state index contributed by atoms with van der Waals surface area (Å²) < 4.78 is 0. The third kappa shape index (κ3) is 3.33. The van der Waals surface area contributed by atoms with Crippen molar-refractivity contribution >= 4 is 0 Å². The average molecular weight is 246 g/mol. The van der Waals surface area contributed by atoms with Crippen molar-refractivity contribution in [3.8, 4) is 0 Å². The first-order valence-corrected chi connectivity index (χ1v) is 7.19. The lowest BCUT2D eigenvalue weighted by atomic mass is 9.96. The lowest BCUT2D eigenvalue weighted by molar-refractivity contribution is 0.0845. The number of rotatable bonds is 4. The molecule has 0 radical (unpaired) electrons. The van der Waals surface area contributed by atoms with Crippen molar-refractivity contribution in [2.45, 2.75) is 39.3 Å². The van der Waals surface area contributed by atoms with Gasteiger partial charge in [0.25, 0.3) is 0 Å². The predicted molar refractivity (Wildman–Crippen MR) is 77.8 cm³/mol. The van der Waals surface area contributed by atoms with E-state index in [0.29, 0.717) is 12.1 Å². The Hall–Kier alpha value is -0.860. The molecule has 1 fully saturated rings. The van der Waals surface area contributed by atoms with Gasteiger partial charge < -0.3 is 5.32 Å². The van der Waals surface area contributed by atoms with Crippen LogP contribution in [0.3, 0.4) is 0 Å². The van der Waals surface area contributed by atoms with E-state index in [9.17, 15) is 0 Å². The standard InChI is InChI=1S/C16H26N2/c1-13(2)16-12-17-9-10-18(16)14(3)11-15-7-5-4-6-8-15/h4-8,13-14,16-17H,9-12H2,1-3H3. The molecular formula is C16H26N2. The van der Waals surface area contributed by atoms with E-state index in [1.807, 2.05) is 0 Å². The molecular weight excluding hydrogens is 220 g/mol. The smallest absolute Gasteiger partial charge is 0.0247 e. The fraction of sp³-hybridized carbons (Fsp3) is 0.625. The van der Waals surface area contributed by atoms with Crippen molar-refractivity contribution in [3.05, 3.63) is 35.9 Å². The van der Waals surface area contributed by atoms with E-state index >= 15 is 0 Å². The Labute approximate surface area is 111 Å². The summed E-state index contributed by atoms with van der Waals surface area (Å²) in [6.45, 7) is 10.5. The summed E-state index contributed by atoms with van der Waals surface area (Å²) in [5.41, 5.74) is 1.45. The van der Waals surface area contributed by atoms with Crippen LogP contribution in [0.25, 0.3) is 0 Å². The zero-order valence-electron chi connectivity index (χ0n) is 11.9. The fourth-order valence-electron chi connectivity index (χ4n) is 2.98. The Kier molecular flexibility index (Phi) is 4.79. The van der Waals surface area contributed by atoms with E-state index in [0.717, 1.165) is 25.4 Å². The minimum Gasteiger partial charge on any atom is -0.314 e. The Balaban J connectivity index is 2.00. The molecule has 1 aliphatic rings. The van der Waals surface area contributed by atoms with Crippen molar-refractivity contribution < 1.29 is 0 Å². The monoisotopic (exact) mass is 246 g/mol. The maximum Gasteiger partial charge on any atom is 0.0247 e. The van der Waals surface area contributed by atoms with Crippen molar-refractivity contribution in [2.24, 2.45) is 5.92 Å². The number of piperazine rings is 1. The SMILES string of the molecule is CC(C)C1CNCCN1C(C)Cc1ccccc1. The molecule has 2 nitrogen and oxygen atoms in total. The molecule has 0 aliphatic carbocycles. The highest BCUT2D eigenvalue weighted by molar-refractivity contribution is 5.15. The van der Waals surface area contributed by atoms with Crippen LogP contribution in [0, 0.1) is 5.92 Å². The summed E-state index contributed by atoms with van der Waals surface area (Å²) in [6.07, 6.45) is 1.16. The highest BCUT2D eigenvalue weighted by atomic mass is 15.2. The highest BCUT2D eigenvalue weighted by Gasteiger charge is 2.28. The van der Waals surface area contributed by atoms with Gasteiger partial charge in [-0.25, -0.2) is 0 Å². The molecule has 1 aromatic carbocycles. The van der Waals surface area contributed by atoms with Crippen LogP contribution in [-0.4, -0.2) is 36.6 Å². The van der Waals surface area contributed by atoms with Crippen molar-refractivity contribution in [2.75, 3.05) is 19.6 Å². The summed E-state index contributed by atoms with van der Waals surface area (Å²) in [4.78, 5) is 2.69. The molecule has 2 rings (SSSR count). The molecule has 100 valence electrons. The van der Waals surface area contributed by atoms with Gasteiger partial charge in [-0.2, -0.15) is 0 Å². The van der Waals surface area contributed by atoms with Crippen molar-refractivity contribution in [1.29, 1.82) is 0 Å². The Bertz CT molecular complexity index is 347.